The minimum absolute atomic E-state index is 0.180. The van der Waals surface area contributed by atoms with E-state index in [1.807, 2.05) is 19.9 Å². The summed E-state index contributed by atoms with van der Waals surface area (Å²) in [4.78, 5) is 14.7. The van der Waals surface area contributed by atoms with Crippen LogP contribution in [0, 0.1) is 0 Å². The molecule has 29 heavy (non-hydrogen) atoms. The standard InChI is InChI=1S/C20H25F3N4O2/c1-12(2)14-10-17(29-25-14)16-8-5-9-26(16)18(28)11-27-15-7-4-3-6-13(15)19(24-27)20(21,22)23/h10,12,16H,3-9,11H2,1-2H3/t16-/m1/s1. The average Bonchev–Trinajstić information content (AvgIpc) is 3.39. The normalized spacial score (nSPS) is 19.8. The van der Waals surface area contributed by atoms with Crippen molar-refractivity contribution in [3.05, 3.63) is 34.5 Å². The van der Waals surface area contributed by atoms with Crippen LogP contribution in [0.2, 0.25) is 0 Å². The first-order valence-corrected chi connectivity index (χ1v) is 10.2. The molecular weight excluding hydrogens is 385 g/mol. The molecule has 9 heteroatoms. The number of hydrogen-bond donors (Lipinski definition) is 0. The van der Waals surface area contributed by atoms with E-state index in [1.165, 1.54) is 4.68 Å². The van der Waals surface area contributed by atoms with Gasteiger partial charge in [-0.05, 0) is 44.4 Å². The zero-order valence-corrected chi connectivity index (χ0v) is 16.6. The van der Waals surface area contributed by atoms with E-state index >= 15 is 0 Å². The van der Waals surface area contributed by atoms with Crippen LogP contribution < -0.4 is 0 Å². The van der Waals surface area contributed by atoms with E-state index < -0.39 is 11.9 Å². The van der Waals surface area contributed by atoms with Crippen LogP contribution in [0.4, 0.5) is 13.2 Å². The van der Waals surface area contributed by atoms with E-state index in [2.05, 4.69) is 10.3 Å². The van der Waals surface area contributed by atoms with E-state index in [9.17, 15) is 18.0 Å². The molecular formula is C20H25F3N4O2. The van der Waals surface area contributed by atoms with E-state index in [0.29, 0.717) is 37.3 Å². The number of carbonyl (C=O) groups is 1. The first kappa shape index (κ1) is 20.0. The van der Waals surface area contributed by atoms with Crippen molar-refractivity contribution in [2.75, 3.05) is 6.54 Å². The van der Waals surface area contributed by atoms with Crippen molar-refractivity contribution in [3.8, 4) is 0 Å². The Labute approximate surface area is 167 Å². The van der Waals surface area contributed by atoms with Crippen LogP contribution in [0.5, 0.6) is 0 Å². The number of aromatic nitrogens is 3. The Bertz CT molecular complexity index is 900. The number of alkyl halides is 3. The maximum absolute atomic E-state index is 13.4. The van der Waals surface area contributed by atoms with Gasteiger partial charge in [-0.1, -0.05) is 19.0 Å². The first-order valence-electron chi connectivity index (χ1n) is 10.2. The maximum Gasteiger partial charge on any atom is 0.435 e. The molecule has 0 N–H and O–H groups in total. The second-order valence-electron chi connectivity index (χ2n) is 8.19. The Balaban J connectivity index is 1.56. The summed E-state index contributed by atoms with van der Waals surface area (Å²) in [6.45, 7) is 4.40. The highest BCUT2D eigenvalue weighted by Gasteiger charge is 2.40. The highest BCUT2D eigenvalue weighted by molar-refractivity contribution is 5.77. The third-order valence-corrected chi connectivity index (χ3v) is 5.85. The monoisotopic (exact) mass is 410 g/mol. The van der Waals surface area contributed by atoms with Gasteiger partial charge in [-0.25, -0.2) is 0 Å². The van der Waals surface area contributed by atoms with Crippen LogP contribution in [0.25, 0.3) is 0 Å². The molecule has 0 aromatic carbocycles. The van der Waals surface area contributed by atoms with Crippen molar-refractivity contribution in [1.82, 2.24) is 19.8 Å². The van der Waals surface area contributed by atoms with Crippen molar-refractivity contribution in [3.63, 3.8) is 0 Å². The number of amides is 1. The lowest BCUT2D eigenvalue weighted by molar-refractivity contribution is -0.142. The van der Waals surface area contributed by atoms with Gasteiger partial charge in [-0.15, -0.1) is 0 Å². The van der Waals surface area contributed by atoms with Crippen molar-refractivity contribution in [2.24, 2.45) is 0 Å². The molecule has 0 saturated carbocycles. The van der Waals surface area contributed by atoms with Gasteiger partial charge in [0, 0.05) is 23.9 Å². The maximum atomic E-state index is 13.4. The van der Waals surface area contributed by atoms with Crippen molar-refractivity contribution < 1.29 is 22.5 Å². The number of carbonyl (C=O) groups excluding carboxylic acids is 1. The average molecular weight is 410 g/mol. The molecule has 158 valence electrons. The summed E-state index contributed by atoms with van der Waals surface area (Å²) in [5.41, 5.74) is 0.797. The van der Waals surface area contributed by atoms with E-state index in [1.54, 1.807) is 4.90 Å². The van der Waals surface area contributed by atoms with Crippen LogP contribution >= 0.6 is 0 Å². The quantitative estimate of drug-likeness (QED) is 0.756. The molecule has 0 radical (unpaired) electrons. The molecule has 0 unspecified atom stereocenters. The van der Waals surface area contributed by atoms with Gasteiger partial charge in [0.2, 0.25) is 5.91 Å². The number of fused-ring (bicyclic) bond motifs is 1. The second-order valence-corrected chi connectivity index (χ2v) is 8.19. The highest BCUT2D eigenvalue weighted by Crippen LogP contribution is 2.37. The number of rotatable bonds is 4. The third kappa shape index (κ3) is 3.79. The molecule has 0 bridgehead atoms. The summed E-state index contributed by atoms with van der Waals surface area (Å²) in [7, 11) is 0. The van der Waals surface area contributed by atoms with Gasteiger partial charge < -0.3 is 9.42 Å². The Morgan fingerprint density at radius 1 is 1.28 bits per heavy atom. The van der Waals surface area contributed by atoms with Crippen LogP contribution in [-0.4, -0.2) is 32.3 Å². The van der Waals surface area contributed by atoms with Gasteiger partial charge in [0.05, 0.1) is 11.7 Å². The number of nitrogens with zero attached hydrogens (tertiary/aromatic N) is 4. The topological polar surface area (TPSA) is 64.2 Å². The largest absolute Gasteiger partial charge is 0.435 e. The third-order valence-electron chi connectivity index (χ3n) is 5.85. The second kappa shape index (κ2) is 7.50. The van der Waals surface area contributed by atoms with Gasteiger partial charge in [-0.2, -0.15) is 18.3 Å². The molecule has 1 saturated heterocycles. The summed E-state index contributed by atoms with van der Waals surface area (Å²) < 4.78 is 46.9. The van der Waals surface area contributed by atoms with Crippen molar-refractivity contribution in [1.29, 1.82) is 0 Å². The fraction of sp³-hybridized carbons (Fsp3) is 0.650. The zero-order chi connectivity index (χ0) is 20.8. The molecule has 6 nitrogen and oxygen atoms in total. The minimum Gasteiger partial charge on any atom is -0.359 e. The first-order chi connectivity index (χ1) is 13.8. The molecule has 2 aromatic rings. The summed E-state index contributed by atoms with van der Waals surface area (Å²) in [6, 6.07) is 1.65. The van der Waals surface area contributed by atoms with Gasteiger partial charge in [0.15, 0.2) is 11.5 Å². The summed E-state index contributed by atoms with van der Waals surface area (Å²) in [6.07, 6.45) is -0.516. The van der Waals surface area contributed by atoms with Crippen LogP contribution in [-0.2, 0) is 30.4 Å². The molecule has 1 aliphatic carbocycles. The fourth-order valence-electron chi connectivity index (χ4n) is 4.34. The van der Waals surface area contributed by atoms with Gasteiger partial charge in [-0.3, -0.25) is 9.48 Å². The molecule has 1 amide bonds. The molecule has 2 aromatic heterocycles. The van der Waals surface area contributed by atoms with Gasteiger partial charge in [0.1, 0.15) is 6.54 Å². The number of hydrogen-bond acceptors (Lipinski definition) is 4. The zero-order valence-electron chi connectivity index (χ0n) is 16.6. The van der Waals surface area contributed by atoms with Gasteiger partial charge >= 0.3 is 6.18 Å². The van der Waals surface area contributed by atoms with Crippen LogP contribution in [0.1, 0.15) is 79.9 Å². The van der Waals surface area contributed by atoms with Crippen molar-refractivity contribution >= 4 is 5.91 Å². The molecule has 1 aliphatic heterocycles. The van der Waals surface area contributed by atoms with Gasteiger partial charge in [0.25, 0.3) is 0 Å². The molecule has 1 atom stereocenters. The summed E-state index contributed by atoms with van der Waals surface area (Å²) in [5, 5.41) is 7.88. The van der Waals surface area contributed by atoms with Crippen LogP contribution in [0.15, 0.2) is 10.6 Å². The number of halogens is 3. The van der Waals surface area contributed by atoms with Crippen LogP contribution in [0.3, 0.4) is 0 Å². The Kier molecular flexibility index (Phi) is 5.16. The lowest BCUT2D eigenvalue weighted by atomic mass is 9.95. The van der Waals surface area contributed by atoms with E-state index in [-0.39, 0.29) is 30.0 Å². The fourth-order valence-corrected chi connectivity index (χ4v) is 4.34. The Morgan fingerprint density at radius 3 is 2.72 bits per heavy atom. The van der Waals surface area contributed by atoms with E-state index in [0.717, 1.165) is 25.0 Å². The predicted octanol–water partition coefficient (Wildman–Crippen LogP) is 4.26. The minimum atomic E-state index is -4.50. The lowest BCUT2D eigenvalue weighted by Gasteiger charge is -2.23. The highest BCUT2D eigenvalue weighted by atomic mass is 19.4. The summed E-state index contributed by atoms with van der Waals surface area (Å²) in [5.74, 6) is 0.618. The molecule has 1 fully saturated rings. The lowest BCUT2D eigenvalue weighted by Crippen LogP contribution is -2.34. The van der Waals surface area contributed by atoms with E-state index in [4.69, 9.17) is 4.52 Å². The summed E-state index contributed by atoms with van der Waals surface area (Å²) >= 11 is 0. The molecule has 3 heterocycles. The predicted molar refractivity (Wildman–Crippen MR) is 98.2 cm³/mol. The molecule has 4 rings (SSSR count). The Morgan fingerprint density at radius 2 is 2.03 bits per heavy atom. The Hall–Kier alpha value is -2.32. The molecule has 0 spiro atoms. The number of likely N-dealkylation sites (tertiary alicyclic amines) is 1. The smallest absolute Gasteiger partial charge is 0.359 e. The SMILES string of the molecule is CC(C)c1cc([C@H]2CCCN2C(=O)Cn2nc(C(F)(F)F)c3c2CCCC3)on1. The van der Waals surface area contributed by atoms with Crippen molar-refractivity contribution in [2.45, 2.75) is 77.1 Å². The molecule has 2 aliphatic rings.